The maximum Gasteiger partial charge on any atom is 0.243 e. The van der Waals surface area contributed by atoms with Gasteiger partial charge in [-0.3, -0.25) is 4.68 Å². The summed E-state index contributed by atoms with van der Waals surface area (Å²) >= 11 is 0. The molecule has 1 N–H and O–H groups in total. The molecule has 5 nitrogen and oxygen atoms in total. The molecule has 0 aliphatic carbocycles. The number of aromatic nitrogens is 2. The number of benzene rings is 1. The van der Waals surface area contributed by atoms with Crippen molar-refractivity contribution in [3.8, 4) is 0 Å². The van der Waals surface area contributed by atoms with Crippen LogP contribution in [0.4, 0.5) is 0 Å². The van der Waals surface area contributed by atoms with Crippen LogP contribution in [0, 0.1) is 5.92 Å². The minimum atomic E-state index is -3.57. The second-order valence-corrected chi connectivity index (χ2v) is 9.59. The predicted molar refractivity (Wildman–Crippen MR) is 101 cm³/mol. The predicted octanol–water partition coefficient (Wildman–Crippen LogP) is 3.55. The number of sulfonamides is 1. The molecule has 0 saturated carbocycles. The smallest absolute Gasteiger partial charge is 0.243 e. The van der Waals surface area contributed by atoms with Gasteiger partial charge in [-0.2, -0.15) is 5.10 Å². The molecular formula is C19H29N3O2S. The fourth-order valence-electron chi connectivity index (χ4n) is 2.53. The highest BCUT2D eigenvalue weighted by atomic mass is 32.2. The third-order valence-corrected chi connectivity index (χ3v) is 5.39. The van der Waals surface area contributed by atoms with E-state index >= 15 is 0 Å². The van der Waals surface area contributed by atoms with Crippen LogP contribution in [0.2, 0.25) is 0 Å². The van der Waals surface area contributed by atoms with Crippen molar-refractivity contribution < 1.29 is 8.42 Å². The van der Waals surface area contributed by atoms with Crippen LogP contribution in [-0.4, -0.2) is 24.7 Å². The van der Waals surface area contributed by atoms with Gasteiger partial charge in [0.2, 0.25) is 10.0 Å². The van der Waals surface area contributed by atoms with Gasteiger partial charge < -0.3 is 0 Å². The zero-order valence-electron chi connectivity index (χ0n) is 15.8. The van der Waals surface area contributed by atoms with Crippen LogP contribution >= 0.6 is 0 Å². The second-order valence-electron chi connectivity index (χ2n) is 7.86. The van der Waals surface area contributed by atoms with Gasteiger partial charge >= 0.3 is 0 Å². The molecule has 1 aromatic carbocycles. The molecule has 0 aliphatic heterocycles. The van der Waals surface area contributed by atoms with Gasteiger partial charge in [0.15, 0.2) is 0 Å². The van der Waals surface area contributed by atoms with Crippen molar-refractivity contribution in [3.63, 3.8) is 0 Å². The van der Waals surface area contributed by atoms with Crippen molar-refractivity contribution in [2.45, 2.75) is 57.9 Å². The lowest BCUT2D eigenvalue weighted by Gasteiger charge is -2.17. The number of nitrogens with one attached hydrogen (secondary N) is 1. The summed E-state index contributed by atoms with van der Waals surface area (Å²) in [5.41, 5.74) is 1.33. The monoisotopic (exact) mass is 363 g/mol. The van der Waals surface area contributed by atoms with Crippen LogP contribution in [0.1, 0.15) is 52.3 Å². The number of hydrogen-bond acceptors (Lipinski definition) is 3. The van der Waals surface area contributed by atoms with E-state index in [9.17, 15) is 8.42 Å². The van der Waals surface area contributed by atoms with E-state index < -0.39 is 10.0 Å². The molecule has 0 bridgehead atoms. The minimum Gasteiger partial charge on any atom is -0.267 e. The first-order chi connectivity index (χ1) is 11.6. The van der Waals surface area contributed by atoms with Crippen LogP contribution in [0.3, 0.4) is 0 Å². The second kappa shape index (κ2) is 7.70. The highest BCUT2D eigenvalue weighted by Crippen LogP contribution is 2.27. The molecule has 0 saturated heterocycles. The Balaban J connectivity index is 2.32. The van der Waals surface area contributed by atoms with E-state index in [0.717, 1.165) is 12.0 Å². The molecular weight excluding hydrogens is 334 g/mol. The zero-order chi connectivity index (χ0) is 18.7. The van der Waals surface area contributed by atoms with E-state index in [0.29, 0.717) is 24.7 Å². The summed E-state index contributed by atoms with van der Waals surface area (Å²) in [6.45, 7) is 11.1. The fraction of sp³-hybridized carbons (Fsp3) is 0.526. The summed E-state index contributed by atoms with van der Waals surface area (Å²) in [5.74, 6) is 0.450. The van der Waals surface area contributed by atoms with Crippen molar-refractivity contribution in [3.05, 3.63) is 47.8 Å². The molecule has 0 aliphatic rings. The van der Waals surface area contributed by atoms with Crippen LogP contribution < -0.4 is 4.72 Å². The van der Waals surface area contributed by atoms with Crippen LogP contribution in [0.5, 0.6) is 0 Å². The van der Waals surface area contributed by atoms with E-state index in [-0.39, 0.29) is 10.3 Å². The molecule has 138 valence electrons. The third-order valence-electron chi connectivity index (χ3n) is 3.93. The Morgan fingerprint density at radius 3 is 2.36 bits per heavy atom. The molecule has 1 aromatic heterocycles. The zero-order valence-corrected chi connectivity index (χ0v) is 16.6. The Labute approximate surface area is 151 Å². The number of hydrogen-bond donors (Lipinski definition) is 1. The van der Waals surface area contributed by atoms with Gasteiger partial charge in [-0.25, -0.2) is 13.1 Å². The van der Waals surface area contributed by atoms with Crippen molar-refractivity contribution >= 4 is 10.0 Å². The molecule has 0 unspecified atom stereocenters. The third kappa shape index (κ3) is 5.41. The first-order valence-electron chi connectivity index (χ1n) is 8.71. The van der Waals surface area contributed by atoms with Crippen molar-refractivity contribution in [1.82, 2.24) is 14.5 Å². The number of rotatable bonds is 7. The molecule has 6 heteroatoms. The average Bonchev–Trinajstić information content (AvgIpc) is 2.92. The van der Waals surface area contributed by atoms with Crippen LogP contribution in [-0.2, 0) is 22.0 Å². The van der Waals surface area contributed by atoms with E-state index in [1.165, 1.54) is 0 Å². The van der Waals surface area contributed by atoms with E-state index in [1.54, 1.807) is 10.9 Å². The maximum atomic E-state index is 12.8. The standard InChI is InChI=1S/C19H29N3O2S/c1-15(2)11-12-20-25(23,24)17-14-22(21-18(17)19(3,4)5)13-16-9-7-6-8-10-16/h6-10,14-15,20H,11-13H2,1-5H3. The summed E-state index contributed by atoms with van der Waals surface area (Å²) in [5, 5.41) is 4.58. The van der Waals surface area contributed by atoms with E-state index in [2.05, 4.69) is 23.7 Å². The first-order valence-corrected chi connectivity index (χ1v) is 10.2. The lowest BCUT2D eigenvalue weighted by Crippen LogP contribution is -2.28. The van der Waals surface area contributed by atoms with Crippen molar-refractivity contribution in [1.29, 1.82) is 0 Å². The maximum absolute atomic E-state index is 12.8. The molecule has 25 heavy (non-hydrogen) atoms. The molecule has 0 amide bonds. The topological polar surface area (TPSA) is 64.0 Å². The lowest BCUT2D eigenvalue weighted by atomic mass is 9.92. The SMILES string of the molecule is CC(C)CCNS(=O)(=O)c1cn(Cc2ccccc2)nc1C(C)(C)C. The summed E-state index contributed by atoms with van der Waals surface area (Å²) in [6, 6.07) is 9.91. The molecule has 2 aromatic rings. The van der Waals surface area contributed by atoms with Gasteiger partial charge in [-0.1, -0.05) is 65.0 Å². The van der Waals surface area contributed by atoms with Gasteiger partial charge in [0, 0.05) is 18.2 Å². The summed E-state index contributed by atoms with van der Waals surface area (Å²) in [6.07, 6.45) is 2.45. The highest BCUT2D eigenvalue weighted by Gasteiger charge is 2.29. The Morgan fingerprint density at radius 1 is 1.16 bits per heavy atom. The molecule has 2 rings (SSSR count). The number of nitrogens with zero attached hydrogens (tertiary/aromatic N) is 2. The lowest BCUT2D eigenvalue weighted by molar-refractivity contribution is 0.527. The summed E-state index contributed by atoms with van der Waals surface area (Å²) < 4.78 is 30.0. The summed E-state index contributed by atoms with van der Waals surface area (Å²) in [4.78, 5) is 0.277. The Kier molecular flexibility index (Phi) is 6.06. The Hall–Kier alpha value is -1.66. The summed E-state index contributed by atoms with van der Waals surface area (Å²) in [7, 11) is -3.57. The molecule has 1 heterocycles. The van der Waals surface area contributed by atoms with Gasteiger partial charge in [0.25, 0.3) is 0 Å². The quantitative estimate of drug-likeness (QED) is 0.818. The van der Waals surface area contributed by atoms with Gasteiger partial charge in [-0.15, -0.1) is 0 Å². The van der Waals surface area contributed by atoms with Crippen molar-refractivity contribution in [2.24, 2.45) is 5.92 Å². The largest absolute Gasteiger partial charge is 0.267 e. The Morgan fingerprint density at radius 2 is 1.80 bits per heavy atom. The normalized spacial score (nSPS) is 12.7. The average molecular weight is 364 g/mol. The van der Waals surface area contributed by atoms with Crippen molar-refractivity contribution in [2.75, 3.05) is 6.54 Å². The minimum absolute atomic E-state index is 0.277. The van der Waals surface area contributed by atoms with E-state index in [1.807, 2.05) is 51.1 Å². The van der Waals surface area contributed by atoms with E-state index in [4.69, 9.17) is 0 Å². The highest BCUT2D eigenvalue weighted by molar-refractivity contribution is 7.89. The molecule has 0 radical (unpaired) electrons. The van der Waals surface area contributed by atoms with Crippen LogP contribution in [0.25, 0.3) is 0 Å². The first kappa shape index (κ1) is 19.7. The molecule has 0 spiro atoms. The van der Waals surface area contributed by atoms with Gasteiger partial charge in [-0.05, 0) is 17.9 Å². The van der Waals surface area contributed by atoms with Crippen LogP contribution in [0.15, 0.2) is 41.4 Å². The Bertz CT molecular complexity index is 788. The fourth-order valence-corrected chi connectivity index (χ4v) is 3.93. The van der Waals surface area contributed by atoms with Gasteiger partial charge in [0.05, 0.1) is 12.2 Å². The molecule has 0 atom stereocenters. The molecule has 0 fully saturated rings. The van der Waals surface area contributed by atoms with Gasteiger partial charge in [0.1, 0.15) is 4.90 Å².